The highest BCUT2D eigenvalue weighted by Crippen LogP contribution is 2.25. The Kier molecular flexibility index (Phi) is 3.38. The molecule has 12 heavy (non-hydrogen) atoms. The van der Waals surface area contributed by atoms with Crippen LogP contribution in [-0.4, -0.2) is 4.55 Å². The average Bonchev–Trinajstić information content (AvgIpc) is 2.17. The average molecular weight is 180 g/mol. The fourth-order valence-corrected chi connectivity index (χ4v) is 1.24. The molecule has 0 aliphatic carbocycles. The second-order valence-corrected chi connectivity index (χ2v) is 3.54. The Morgan fingerprint density at radius 3 is 2.42 bits per heavy atom. The minimum absolute atomic E-state index is 0.142. The summed E-state index contributed by atoms with van der Waals surface area (Å²) in [5, 5.41) is 0.142. The molecular weight excluding hydrogens is 168 g/mol. The van der Waals surface area contributed by atoms with Crippen LogP contribution in [0.15, 0.2) is 30.8 Å². The third kappa shape index (κ3) is 2.13. The van der Waals surface area contributed by atoms with Gasteiger partial charge in [0.25, 0.3) is 0 Å². The summed E-state index contributed by atoms with van der Waals surface area (Å²) in [4.78, 5) is 0. The van der Waals surface area contributed by atoms with E-state index in [2.05, 4.69) is 6.58 Å². The summed E-state index contributed by atoms with van der Waals surface area (Å²) in [7, 11) is 0. The van der Waals surface area contributed by atoms with Crippen LogP contribution in [0.1, 0.15) is 23.3 Å². The molecule has 0 fully saturated rings. The summed E-state index contributed by atoms with van der Waals surface area (Å²) in [6, 6.07) is 8.00. The molecule has 1 aromatic rings. The molecule has 0 saturated heterocycles. The summed E-state index contributed by atoms with van der Waals surface area (Å²) in [5.74, 6) is 0. The van der Waals surface area contributed by atoms with Gasteiger partial charge < -0.3 is 4.55 Å². The van der Waals surface area contributed by atoms with Crippen molar-refractivity contribution in [3.8, 4) is 0 Å². The van der Waals surface area contributed by atoms with E-state index in [1.165, 1.54) is 0 Å². The molecule has 64 valence electrons. The van der Waals surface area contributed by atoms with Crippen LogP contribution in [0.5, 0.6) is 0 Å². The van der Waals surface area contributed by atoms with Gasteiger partial charge in [-0.25, -0.2) is 0 Å². The molecule has 1 nitrogen and oxygen atoms in total. The van der Waals surface area contributed by atoms with Crippen LogP contribution < -0.4 is 0 Å². The Morgan fingerprint density at radius 2 is 2.00 bits per heavy atom. The van der Waals surface area contributed by atoms with Crippen LogP contribution in [0.3, 0.4) is 0 Å². The highest BCUT2D eigenvalue weighted by molar-refractivity contribution is 7.93. The molecule has 1 aromatic carbocycles. The van der Waals surface area contributed by atoms with Gasteiger partial charge in [0.1, 0.15) is 0 Å². The summed E-state index contributed by atoms with van der Waals surface area (Å²) >= 11 is 0.865. The van der Waals surface area contributed by atoms with E-state index in [0.717, 1.165) is 23.2 Å². The van der Waals surface area contributed by atoms with Crippen molar-refractivity contribution in [1.82, 2.24) is 0 Å². The summed E-state index contributed by atoms with van der Waals surface area (Å²) in [6.07, 6.45) is 1.81. The molecule has 1 rings (SSSR count). The molecule has 0 saturated carbocycles. The Bertz CT molecular complexity index is 253. The Morgan fingerprint density at radius 1 is 1.42 bits per heavy atom. The second kappa shape index (κ2) is 4.33. The zero-order valence-corrected chi connectivity index (χ0v) is 7.84. The lowest BCUT2D eigenvalue weighted by Crippen LogP contribution is -1.86. The van der Waals surface area contributed by atoms with Crippen molar-refractivity contribution in [3.05, 3.63) is 42.0 Å². The van der Waals surface area contributed by atoms with Gasteiger partial charge in [-0.05, 0) is 30.1 Å². The van der Waals surface area contributed by atoms with Crippen LogP contribution in [0, 0.1) is 0 Å². The van der Waals surface area contributed by atoms with E-state index in [1.807, 2.05) is 31.2 Å². The van der Waals surface area contributed by atoms with Crippen molar-refractivity contribution in [2.24, 2.45) is 0 Å². The lowest BCUT2D eigenvalue weighted by Gasteiger charge is -2.06. The second-order valence-electron chi connectivity index (χ2n) is 2.62. The van der Waals surface area contributed by atoms with Crippen LogP contribution >= 0.6 is 12.0 Å². The molecule has 1 unspecified atom stereocenters. The van der Waals surface area contributed by atoms with E-state index in [4.69, 9.17) is 4.55 Å². The molecule has 0 amide bonds. The van der Waals surface area contributed by atoms with Crippen LogP contribution in [0.25, 0.3) is 6.08 Å². The highest BCUT2D eigenvalue weighted by atomic mass is 32.2. The summed E-state index contributed by atoms with van der Waals surface area (Å²) in [5.41, 5.74) is 2.24. The minimum Gasteiger partial charge on any atom is -0.329 e. The topological polar surface area (TPSA) is 20.2 Å². The van der Waals surface area contributed by atoms with E-state index in [0.29, 0.717) is 0 Å². The van der Waals surface area contributed by atoms with Gasteiger partial charge in [0, 0.05) is 0 Å². The fourth-order valence-electron chi connectivity index (χ4n) is 0.964. The van der Waals surface area contributed by atoms with Crippen molar-refractivity contribution in [2.45, 2.75) is 12.2 Å². The molecule has 2 heteroatoms. The van der Waals surface area contributed by atoms with Gasteiger partial charge in [-0.2, -0.15) is 0 Å². The molecule has 0 spiro atoms. The van der Waals surface area contributed by atoms with Crippen molar-refractivity contribution >= 4 is 18.1 Å². The first kappa shape index (κ1) is 9.36. The van der Waals surface area contributed by atoms with Crippen molar-refractivity contribution in [1.29, 1.82) is 0 Å². The maximum Gasteiger partial charge on any atom is 0.0529 e. The third-order valence-electron chi connectivity index (χ3n) is 1.80. The van der Waals surface area contributed by atoms with Crippen molar-refractivity contribution in [3.63, 3.8) is 0 Å². The lowest BCUT2D eigenvalue weighted by molar-refractivity contribution is 0.654. The molecule has 0 bridgehead atoms. The highest BCUT2D eigenvalue weighted by Gasteiger charge is 2.02. The van der Waals surface area contributed by atoms with E-state index < -0.39 is 0 Å². The normalized spacial score (nSPS) is 12.5. The Balaban J connectivity index is 2.84. The van der Waals surface area contributed by atoms with Gasteiger partial charge in [-0.15, -0.1) is 0 Å². The van der Waals surface area contributed by atoms with Gasteiger partial charge in [0.15, 0.2) is 0 Å². The van der Waals surface area contributed by atoms with Crippen LogP contribution in [0.2, 0.25) is 0 Å². The number of hydrogen-bond donors (Lipinski definition) is 1. The first-order valence-corrected chi connectivity index (χ1v) is 4.64. The Labute approximate surface area is 77.3 Å². The Hall–Kier alpha value is -0.730. The van der Waals surface area contributed by atoms with E-state index >= 15 is 0 Å². The van der Waals surface area contributed by atoms with Gasteiger partial charge >= 0.3 is 0 Å². The summed E-state index contributed by atoms with van der Waals surface area (Å²) < 4.78 is 8.81. The molecule has 0 aromatic heterocycles. The van der Waals surface area contributed by atoms with E-state index in [1.54, 1.807) is 6.08 Å². The summed E-state index contributed by atoms with van der Waals surface area (Å²) in [6.45, 7) is 5.64. The molecular formula is C10H12OS. The maximum atomic E-state index is 8.81. The number of hydrogen-bond acceptors (Lipinski definition) is 2. The van der Waals surface area contributed by atoms with E-state index in [-0.39, 0.29) is 5.25 Å². The SMILES string of the molecule is C=Cc1ccc(C(C)SO)cc1. The molecule has 0 heterocycles. The predicted octanol–water partition coefficient (Wildman–Crippen LogP) is 3.60. The van der Waals surface area contributed by atoms with Crippen molar-refractivity contribution in [2.75, 3.05) is 0 Å². The quantitative estimate of drug-likeness (QED) is 0.717. The third-order valence-corrected chi connectivity index (χ3v) is 2.39. The smallest absolute Gasteiger partial charge is 0.0529 e. The molecule has 0 aliphatic heterocycles. The first-order valence-electron chi connectivity index (χ1n) is 3.80. The van der Waals surface area contributed by atoms with Gasteiger partial charge in [-0.1, -0.05) is 36.9 Å². The van der Waals surface area contributed by atoms with E-state index in [9.17, 15) is 0 Å². The van der Waals surface area contributed by atoms with Crippen molar-refractivity contribution < 1.29 is 4.55 Å². The fraction of sp³-hybridized carbons (Fsp3) is 0.200. The maximum absolute atomic E-state index is 8.81. The standard InChI is InChI=1S/C10H12OS/c1-3-9-4-6-10(7-5-9)8(2)12-11/h3-8,11H,1H2,2H3. The lowest BCUT2D eigenvalue weighted by atomic mass is 10.1. The molecule has 1 atom stereocenters. The first-order chi connectivity index (χ1) is 5.77. The molecule has 0 aliphatic rings. The predicted molar refractivity (Wildman–Crippen MR) is 55.2 cm³/mol. The number of rotatable bonds is 3. The van der Waals surface area contributed by atoms with Gasteiger partial charge in [-0.3, -0.25) is 0 Å². The van der Waals surface area contributed by atoms with Gasteiger partial charge in [0.05, 0.1) is 5.25 Å². The zero-order valence-electron chi connectivity index (χ0n) is 7.03. The van der Waals surface area contributed by atoms with Gasteiger partial charge in [0.2, 0.25) is 0 Å². The minimum atomic E-state index is 0.142. The largest absolute Gasteiger partial charge is 0.329 e. The molecule has 1 N–H and O–H groups in total. The molecule has 0 radical (unpaired) electrons. The number of benzene rings is 1. The van der Waals surface area contributed by atoms with Crippen LogP contribution in [0.4, 0.5) is 0 Å². The monoisotopic (exact) mass is 180 g/mol. The zero-order chi connectivity index (χ0) is 8.97. The van der Waals surface area contributed by atoms with Crippen LogP contribution in [-0.2, 0) is 0 Å².